The molecule has 0 bridgehead atoms. The molecule has 0 aromatic heterocycles. The normalized spacial score (nSPS) is 10.6. The number of amides is 1. The Morgan fingerprint density at radius 1 is 1.06 bits per heavy atom. The molecule has 0 aliphatic rings. The lowest BCUT2D eigenvalue weighted by molar-refractivity contribution is 0.0786. The summed E-state index contributed by atoms with van der Waals surface area (Å²) in [4.78, 5) is 15.9. The summed E-state index contributed by atoms with van der Waals surface area (Å²) in [5.41, 5.74) is 2.03. The first-order valence-electron chi connectivity index (χ1n) is 6.03. The number of nitrogens with zero attached hydrogens (tertiary/aromatic N) is 2. The van der Waals surface area contributed by atoms with Crippen molar-refractivity contribution in [2.24, 2.45) is 0 Å². The van der Waals surface area contributed by atoms with Gasteiger partial charge in [-0.1, -0.05) is 19.1 Å². The molecule has 1 rings (SSSR count). The average molecular weight is 234 g/mol. The van der Waals surface area contributed by atoms with Gasteiger partial charge < -0.3 is 9.80 Å². The summed E-state index contributed by atoms with van der Waals surface area (Å²) in [5, 5.41) is 0. The van der Waals surface area contributed by atoms with E-state index in [0.717, 1.165) is 25.1 Å². The molecule has 0 aliphatic heterocycles. The Morgan fingerprint density at radius 3 is 2.12 bits per heavy atom. The third kappa shape index (κ3) is 4.19. The van der Waals surface area contributed by atoms with Crippen LogP contribution in [0.1, 0.15) is 22.8 Å². The van der Waals surface area contributed by atoms with E-state index in [1.807, 2.05) is 45.4 Å². The Bertz CT molecular complexity index is 357. The highest BCUT2D eigenvalue weighted by Gasteiger charge is 2.10. The van der Waals surface area contributed by atoms with Crippen molar-refractivity contribution in [1.82, 2.24) is 9.80 Å². The number of rotatable bonds is 5. The lowest BCUT2D eigenvalue weighted by atomic mass is 10.1. The first-order chi connectivity index (χ1) is 8.04. The fraction of sp³-hybridized carbons (Fsp3) is 0.500. The summed E-state index contributed by atoms with van der Waals surface area (Å²) in [6.07, 6.45) is 1.00. The van der Waals surface area contributed by atoms with Crippen LogP contribution >= 0.6 is 0 Å². The molecule has 1 amide bonds. The first kappa shape index (κ1) is 13.7. The van der Waals surface area contributed by atoms with Crippen LogP contribution in [0.4, 0.5) is 0 Å². The van der Waals surface area contributed by atoms with E-state index in [-0.39, 0.29) is 5.91 Å². The van der Waals surface area contributed by atoms with E-state index in [1.54, 1.807) is 4.90 Å². The number of carbonyl (C=O) groups is 1. The van der Waals surface area contributed by atoms with Crippen molar-refractivity contribution >= 4 is 5.91 Å². The van der Waals surface area contributed by atoms with Gasteiger partial charge in [-0.3, -0.25) is 4.79 Å². The molecule has 94 valence electrons. The molecule has 17 heavy (non-hydrogen) atoms. The molecule has 0 N–H and O–H groups in total. The number of benzene rings is 1. The smallest absolute Gasteiger partial charge is 0.253 e. The number of hydrogen-bond acceptors (Lipinski definition) is 2. The zero-order chi connectivity index (χ0) is 12.8. The van der Waals surface area contributed by atoms with E-state index in [1.165, 1.54) is 5.56 Å². The molecule has 3 heteroatoms. The van der Waals surface area contributed by atoms with Crippen molar-refractivity contribution in [3.63, 3.8) is 0 Å². The molecular weight excluding hydrogens is 212 g/mol. The van der Waals surface area contributed by atoms with Gasteiger partial charge in [-0.05, 0) is 38.2 Å². The maximum Gasteiger partial charge on any atom is 0.253 e. The van der Waals surface area contributed by atoms with Crippen LogP contribution in [0, 0.1) is 0 Å². The summed E-state index contributed by atoms with van der Waals surface area (Å²) < 4.78 is 0. The highest BCUT2D eigenvalue weighted by molar-refractivity contribution is 5.94. The summed E-state index contributed by atoms with van der Waals surface area (Å²) in [6, 6.07) is 7.86. The molecule has 0 radical (unpaired) electrons. The number of carbonyl (C=O) groups excluding carboxylic acids is 1. The number of likely N-dealkylation sites (N-methyl/N-ethyl adjacent to an activating group) is 2. The van der Waals surface area contributed by atoms with Crippen molar-refractivity contribution in [2.75, 3.05) is 34.2 Å². The van der Waals surface area contributed by atoms with Crippen LogP contribution in [0.25, 0.3) is 0 Å². The summed E-state index contributed by atoms with van der Waals surface area (Å²) in [6.45, 7) is 3.75. The fourth-order valence-corrected chi connectivity index (χ4v) is 1.55. The van der Waals surface area contributed by atoms with Gasteiger partial charge in [0.1, 0.15) is 0 Å². The minimum absolute atomic E-state index is 0.0921. The van der Waals surface area contributed by atoms with Crippen molar-refractivity contribution in [2.45, 2.75) is 13.3 Å². The molecule has 1 aromatic carbocycles. The molecule has 0 fully saturated rings. The van der Waals surface area contributed by atoms with Gasteiger partial charge in [-0.2, -0.15) is 0 Å². The Balaban J connectivity index is 2.61. The third-order valence-electron chi connectivity index (χ3n) is 2.84. The monoisotopic (exact) mass is 234 g/mol. The highest BCUT2D eigenvalue weighted by atomic mass is 16.2. The van der Waals surface area contributed by atoms with Crippen LogP contribution in [-0.4, -0.2) is 49.9 Å². The second-order valence-corrected chi connectivity index (χ2v) is 4.58. The van der Waals surface area contributed by atoms with Crippen molar-refractivity contribution in [3.05, 3.63) is 35.4 Å². The van der Waals surface area contributed by atoms with Crippen LogP contribution in [0.15, 0.2) is 24.3 Å². The van der Waals surface area contributed by atoms with Gasteiger partial charge in [0.25, 0.3) is 5.91 Å². The van der Waals surface area contributed by atoms with Crippen LogP contribution < -0.4 is 0 Å². The molecule has 0 spiro atoms. The molecule has 0 atom stereocenters. The van der Waals surface area contributed by atoms with Crippen LogP contribution in [0.5, 0.6) is 0 Å². The molecule has 0 unspecified atom stereocenters. The summed E-state index contributed by atoms with van der Waals surface area (Å²) in [5.74, 6) is 0.0921. The summed E-state index contributed by atoms with van der Waals surface area (Å²) in [7, 11) is 5.86. The van der Waals surface area contributed by atoms with Gasteiger partial charge >= 0.3 is 0 Å². The lowest BCUT2D eigenvalue weighted by Crippen LogP contribution is -2.33. The van der Waals surface area contributed by atoms with Crippen molar-refractivity contribution in [3.8, 4) is 0 Å². The van der Waals surface area contributed by atoms with Gasteiger partial charge in [0.15, 0.2) is 0 Å². The number of hydrogen-bond donors (Lipinski definition) is 0. The standard InChI is InChI=1S/C14H22N2O/c1-5-12-6-8-13(9-7-12)14(17)16(4)11-10-15(2)3/h6-9H,5,10-11H2,1-4H3. The molecule has 1 aromatic rings. The third-order valence-corrected chi connectivity index (χ3v) is 2.84. The molecule has 0 heterocycles. The van der Waals surface area contributed by atoms with Crippen molar-refractivity contribution in [1.29, 1.82) is 0 Å². The zero-order valence-corrected chi connectivity index (χ0v) is 11.2. The zero-order valence-electron chi connectivity index (χ0n) is 11.2. The number of aryl methyl sites for hydroxylation is 1. The Labute approximate surface area is 104 Å². The van der Waals surface area contributed by atoms with Gasteiger partial charge in [0, 0.05) is 25.7 Å². The Morgan fingerprint density at radius 2 is 1.65 bits per heavy atom. The minimum atomic E-state index is 0.0921. The molecule has 0 aliphatic carbocycles. The second kappa shape index (κ2) is 6.40. The lowest BCUT2D eigenvalue weighted by Gasteiger charge is -2.19. The SMILES string of the molecule is CCc1ccc(C(=O)N(C)CCN(C)C)cc1. The quantitative estimate of drug-likeness (QED) is 0.776. The minimum Gasteiger partial charge on any atom is -0.340 e. The van der Waals surface area contributed by atoms with Crippen LogP contribution in [-0.2, 0) is 6.42 Å². The van der Waals surface area contributed by atoms with Gasteiger partial charge in [-0.15, -0.1) is 0 Å². The predicted molar refractivity (Wildman–Crippen MR) is 71.3 cm³/mol. The van der Waals surface area contributed by atoms with E-state index >= 15 is 0 Å². The summed E-state index contributed by atoms with van der Waals surface area (Å²) >= 11 is 0. The van der Waals surface area contributed by atoms with E-state index < -0.39 is 0 Å². The Hall–Kier alpha value is -1.35. The molecular formula is C14H22N2O. The Kier molecular flexibility index (Phi) is 5.16. The topological polar surface area (TPSA) is 23.6 Å². The van der Waals surface area contributed by atoms with Gasteiger partial charge in [0.2, 0.25) is 0 Å². The predicted octanol–water partition coefficient (Wildman–Crippen LogP) is 1.88. The maximum absolute atomic E-state index is 12.1. The first-order valence-corrected chi connectivity index (χ1v) is 6.03. The molecule has 0 saturated heterocycles. The largest absolute Gasteiger partial charge is 0.340 e. The van der Waals surface area contributed by atoms with Crippen LogP contribution in [0.3, 0.4) is 0 Å². The molecule has 3 nitrogen and oxygen atoms in total. The van der Waals surface area contributed by atoms with E-state index in [9.17, 15) is 4.79 Å². The second-order valence-electron chi connectivity index (χ2n) is 4.58. The van der Waals surface area contributed by atoms with Crippen molar-refractivity contribution < 1.29 is 4.79 Å². The highest BCUT2D eigenvalue weighted by Crippen LogP contribution is 2.07. The average Bonchev–Trinajstić information content (AvgIpc) is 2.35. The van der Waals surface area contributed by atoms with Gasteiger partial charge in [0.05, 0.1) is 0 Å². The van der Waals surface area contributed by atoms with E-state index in [4.69, 9.17) is 0 Å². The molecule has 0 saturated carbocycles. The maximum atomic E-state index is 12.1. The van der Waals surface area contributed by atoms with Gasteiger partial charge in [-0.25, -0.2) is 0 Å². The van der Waals surface area contributed by atoms with Crippen LogP contribution in [0.2, 0.25) is 0 Å². The van der Waals surface area contributed by atoms with E-state index in [0.29, 0.717) is 0 Å². The fourth-order valence-electron chi connectivity index (χ4n) is 1.55. The van der Waals surface area contributed by atoms with E-state index in [2.05, 4.69) is 11.8 Å².